The van der Waals surface area contributed by atoms with Crippen LogP contribution in [0.15, 0.2) is 30.5 Å². The van der Waals surface area contributed by atoms with Gasteiger partial charge in [0.05, 0.1) is 5.69 Å². The van der Waals surface area contributed by atoms with Gasteiger partial charge in [0.15, 0.2) is 0 Å². The summed E-state index contributed by atoms with van der Waals surface area (Å²) in [4.78, 5) is 57.4. The number of rotatable bonds is 14. The Morgan fingerprint density at radius 1 is 1.04 bits per heavy atom. The maximum absolute atomic E-state index is 15.7. The van der Waals surface area contributed by atoms with Gasteiger partial charge in [0.2, 0.25) is 17.7 Å². The number of aromatic nitrogens is 2. The monoisotopic (exact) mass is 653 g/mol. The van der Waals surface area contributed by atoms with Crippen molar-refractivity contribution in [1.82, 2.24) is 30.2 Å². The Bertz CT molecular complexity index is 1450. The van der Waals surface area contributed by atoms with Crippen LogP contribution in [0.2, 0.25) is 0 Å². The number of amides is 4. The largest absolute Gasteiger partial charge is 0.375 e. The molecule has 3 fully saturated rings. The quantitative estimate of drug-likeness (QED) is 0.285. The number of methoxy groups -OCH3 is 1. The number of ether oxygens (including phenoxy) is 1. The number of carbonyl (C=O) groups is 4. The fourth-order valence-corrected chi connectivity index (χ4v) is 6.93. The van der Waals surface area contributed by atoms with E-state index in [9.17, 15) is 19.2 Å². The predicted octanol–water partition coefficient (Wildman–Crippen LogP) is 2.61. The smallest absolute Gasteiger partial charge is 0.270 e. The van der Waals surface area contributed by atoms with Gasteiger partial charge in [0, 0.05) is 51.4 Å². The molecule has 4 atom stereocenters. The molecule has 1 aliphatic heterocycles. The number of piperazine rings is 1. The fourth-order valence-electron chi connectivity index (χ4n) is 6.93. The third-order valence-electron chi connectivity index (χ3n) is 9.78. The molecule has 2 heterocycles. The van der Waals surface area contributed by atoms with Crippen molar-refractivity contribution in [3.8, 4) is 0 Å². The third kappa shape index (κ3) is 8.18. The molecule has 1 aromatic heterocycles. The highest BCUT2D eigenvalue weighted by molar-refractivity contribution is 6.01. The highest BCUT2D eigenvalue weighted by atomic mass is 19.1. The lowest BCUT2D eigenvalue weighted by Gasteiger charge is -2.41. The number of nitrogens with one attached hydrogen (secondary N) is 3. The summed E-state index contributed by atoms with van der Waals surface area (Å²) in [6.45, 7) is 7.84. The number of likely N-dealkylation sites (N-methyl/N-ethyl adjacent to an activating group) is 1. The second kappa shape index (κ2) is 14.9. The molecule has 1 aromatic carbocycles. The van der Waals surface area contributed by atoms with Crippen LogP contribution in [0.5, 0.6) is 0 Å². The van der Waals surface area contributed by atoms with Crippen LogP contribution in [0.1, 0.15) is 68.4 Å². The fraction of sp³-hybridized carbons (Fsp3) is 0.618. The molecule has 1 saturated heterocycles. The van der Waals surface area contributed by atoms with Crippen molar-refractivity contribution in [2.24, 2.45) is 17.8 Å². The van der Waals surface area contributed by atoms with Crippen LogP contribution >= 0.6 is 0 Å². The highest BCUT2D eigenvalue weighted by Gasteiger charge is 2.48. The lowest BCUT2D eigenvalue weighted by atomic mass is 9.88. The van der Waals surface area contributed by atoms with E-state index in [2.05, 4.69) is 25.9 Å². The van der Waals surface area contributed by atoms with E-state index in [1.54, 1.807) is 34.8 Å². The van der Waals surface area contributed by atoms with E-state index in [4.69, 9.17) is 4.74 Å². The molecule has 3 N–H and O–H groups in total. The zero-order chi connectivity index (χ0) is 33.8. The second-order valence-corrected chi connectivity index (χ2v) is 13.4. The first-order chi connectivity index (χ1) is 22.5. The van der Waals surface area contributed by atoms with Crippen molar-refractivity contribution in [3.05, 3.63) is 47.5 Å². The topological polar surface area (TPSA) is 138 Å². The van der Waals surface area contributed by atoms with E-state index in [-0.39, 0.29) is 36.1 Å². The molecule has 12 nitrogen and oxygen atoms in total. The summed E-state index contributed by atoms with van der Waals surface area (Å²) in [7, 11) is 3.40. The summed E-state index contributed by atoms with van der Waals surface area (Å²) < 4.78 is 22.3. The maximum atomic E-state index is 15.7. The number of benzene rings is 1. The molecule has 0 unspecified atom stereocenters. The molecule has 2 saturated carbocycles. The normalized spacial score (nSPS) is 20.4. The Morgan fingerprint density at radius 2 is 1.74 bits per heavy atom. The lowest BCUT2D eigenvalue weighted by molar-refractivity contribution is -0.141. The van der Waals surface area contributed by atoms with E-state index < -0.39 is 35.6 Å². The van der Waals surface area contributed by atoms with Crippen molar-refractivity contribution in [3.63, 3.8) is 0 Å². The van der Waals surface area contributed by atoms with Crippen molar-refractivity contribution in [2.45, 2.75) is 77.0 Å². The van der Waals surface area contributed by atoms with Gasteiger partial charge in [-0.05, 0) is 88.1 Å². The van der Waals surface area contributed by atoms with Gasteiger partial charge >= 0.3 is 0 Å². The molecule has 2 aromatic rings. The first-order valence-electron chi connectivity index (χ1n) is 16.7. The van der Waals surface area contributed by atoms with Crippen LogP contribution in [-0.2, 0) is 25.7 Å². The summed E-state index contributed by atoms with van der Waals surface area (Å²) in [5, 5.41) is 12.7. The van der Waals surface area contributed by atoms with Gasteiger partial charge in [-0.3, -0.25) is 23.9 Å². The molecule has 47 heavy (non-hydrogen) atoms. The lowest BCUT2D eigenvalue weighted by Crippen LogP contribution is -2.59. The Balaban J connectivity index is 1.34. The molecule has 2 aliphatic carbocycles. The Hall–Kier alpha value is -3.84. The zero-order valence-corrected chi connectivity index (χ0v) is 28.0. The third-order valence-corrected chi connectivity index (χ3v) is 9.78. The van der Waals surface area contributed by atoms with Crippen molar-refractivity contribution >= 4 is 29.3 Å². The van der Waals surface area contributed by atoms with Crippen LogP contribution in [0.25, 0.3) is 0 Å². The molecule has 0 radical (unpaired) electrons. The molecule has 3 aliphatic rings. The summed E-state index contributed by atoms with van der Waals surface area (Å²) in [6, 6.07) is 4.22. The molecule has 0 bridgehead atoms. The minimum atomic E-state index is -0.947. The number of hydrogen-bond acceptors (Lipinski definition) is 7. The second-order valence-electron chi connectivity index (χ2n) is 13.4. The number of halogens is 1. The minimum absolute atomic E-state index is 0.0203. The van der Waals surface area contributed by atoms with E-state index >= 15 is 4.39 Å². The average Bonchev–Trinajstić information content (AvgIpc) is 3.99. The van der Waals surface area contributed by atoms with Crippen LogP contribution < -0.4 is 16.0 Å². The van der Waals surface area contributed by atoms with E-state index in [0.717, 1.165) is 25.7 Å². The molecule has 0 spiro atoms. The minimum Gasteiger partial charge on any atom is -0.375 e. The van der Waals surface area contributed by atoms with Gasteiger partial charge in [-0.15, -0.1) is 0 Å². The van der Waals surface area contributed by atoms with Crippen LogP contribution in [0.3, 0.4) is 0 Å². The summed E-state index contributed by atoms with van der Waals surface area (Å²) >= 11 is 0. The zero-order valence-electron chi connectivity index (χ0n) is 28.0. The molecular weight excluding hydrogens is 605 g/mol. The van der Waals surface area contributed by atoms with Gasteiger partial charge in [0.25, 0.3) is 5.91 Å². The molecule has 4 amide bonds. The van der Waals surface area contributed by atoms with E-state index in [0.29, 0.717) is 49.3 Å². The van der Waals surface area contributed by atoms with Crippen LogP contribution in [-0.4, -0.2) is 102 Å². The molecular formula is C34H48FN7O5. The highest BCUT2D eigenvalue weighted by Crippen LogP contribution is 2.51. The van der Waals surface area contributed by atoms with Gasteiger partial charge in [-0.25, -0.2) is 4.39 Å². The number of aryl methyl sites for hydroxylation is 1. The average molecular weight is 654 g/mol. The summed E-state index contributed by atoms with van der Waals surface area (Å²) in [5.74, 6) is -2.14. The standard InChI is InChI=1S/C34H48FN7O5/c1-6-42-27(13-14-36-42)32(44)39-31(29(22-7-8-22)23-9-10-23)33(45)37-26-12-11-24(17-25(26)35)21(3)30(38-28(43)19-47-5)34(46)41-16-15-40(4)18-20(41)2/h11-14,17,20-23,29-31H,6-10,15-16,18-19H2,1-5H3,(H,37,45)(H,38,43)(H,39,44)/t20-,21-,30+,31-/m0/s1. The predicted molar refractivity (Wildman–Crippen MR) is 174 cm³/mol. The van der Waals surface area contributed by atoms with Gasteiger partial charge < -0.3 is 30.5 Å². The first-order valence-corrected chi connectivity index (χ1v) is 16.7. The van der Waals surface area contributed by atoms with Gasteiger partial charge in [-0.1, -0.05) is 13.0 Å². The number of carbonyl (C=O) groups excluding carboxylic acids is 4. The Morgan fingerprint density at radius 3 is 2.34 bits per heavy atom. The number of nitrogens with zero attached hydrogens (tertiary/aromatic N) is 4. The van der Waals surface area contributed by atoms with Crippen molar-refractivity contribution in [1.29, 1.82) is 0 Å². The maximum Gasteiger partial charge on any atom is 0.270 e. The SMILES string of the molecule is CCn1nccc1C(=O)N[C@H](C(=O)Nc1ccc([C@H](C)[C@@H](NC(=O)COC)C(=O)N2CCN(C)C[C@@H]2C)cc1F)C(C1CC1)C1CC1. The molecule has 5 rings (SSSR count). The Labute approximate surface area is 275 Å². The van der Waals surface area contributed by atoms with Gasteiger partial charge in [0.1, 0.15) is 30.2 Å². The van der Waals surface area contributed by atoms with Crippen LogP contribution in [0.4, 0.5) is 10.1 Å². The van der Waals surface area contributed by atoms with Gasteiger partial charge in [-0.2, -0.15) is 5.10 Å². The van der Waals surface area contributed by atoms with Crippen LogP contribution in [0, 0.1) is 23.6 Å². The summed E-state index contributed by atoms with van der Waals surface area (Å²) in [6.07, 6.45) is 5.56. The molecule has 13 heteroatoms. The van der Waals surface area contributed by atoms with Crippen molar-refractivity contribution < 1.29 is 28.3 Å². The number of hydrogen-bond donors (Lipinski definition) is 3. The number of anilines is 1. The van der Waals surface area contributed by atoms with E-state index in [1.807, 2.05) is 20.9 Å². The van der Waals surface area contributed by atoms with E-state index in [1.165, 1.54) is 19.2 Å². The summed E-state index contributed by atoms with van der Waals surface area (Å²) in [5.41, 5.74) is 0.839. The Kier molecular flexibility index (Phi) is 11.0. The first kappa shape index (κ1) is 34.5. The van der Waals surface area contributed by atoms with Crippen molar-refractivity contribution in [2.75, 3.05) is 45.7 Å². The molecule has 256 valence electrons.